The molecule has 0 aliphatic rings. The average Bonchev–Trinajstić information content (AvgIpc) is 2.88. The standard InChI is InChI=1S/C11H11F10IO2.C6H3F10I.C5H8O2.Al.B.HN/c1-5(23)24-4-7(22)2-6(9(13,14)15)3-8(12,10(16,17)18)11(19,20)21;7-3(5(11,12)13,6(14,15)16)1-2(17)4(8,9)10;1-3-4-7-5(2)6;;;/h6-7H,2-4H2,1H3;2H,1H2;3H,1,4H2,2H3;;;1H. The maximum atomic E-state index is 13.5. The minimum absolute atomic E-state index is 0. The summed E-state index contributed by atoms with van der Waals surface area (Å²) in [4.78, 5) is 20.4. The molecule has 0 saturated heterocycles. The van der Waals surface area contributed by atoms with Gasteiger partial charge in [-0.1, -0.05) is 57.8 Å². The zero-order valence-corrected chi connectivity index (χ0v) is 30.6. The van der Waals surface area contributed by atoms with Crippen LogP contribution in [0.2, 0.25) is 0 Å². The number of halogens is 22. The average molecular weight is 1040 g/mol. The van der Waals surface area contributed by atoms with Gasteiger partial charge in [-0.05, 0) is 6.42 Å². The molecule has 0 bridgehead atoms. The number of esters is 2. The SMILES string of the molecule is C=CCOC(C)=O.CC(=O)OCC(I)CC(CC(F)(C(F)(F)F)C(F)(F)F)C(F)(F)F.FC(F)(F)C(I)CC(F)(C(F)(F)F)C(F)(F)F.[B].[NH]=[Al]. The fraction of sp³-hybridized carbons (Fsp3) is 0.818. The van der Waals surface area contributed by atoms with E-state index in [-0.39, 0.29) is 37.0 Å². The van der Waals surface area contributed by atoms with Crippen LogP contribution in [0.1, 0.15) is 33.1 Å². The van der Waals surface area contributed by atoms with Crippen LogP contribution < -0.4 is 0 Å². The van der Waals surface area contributed by atoms with E-state index in [1.54, 1.807) is 16.1 Å². The van der Waals surface area contributed by atoms with Crippen LogP contribution in [0.5, 0.6) is 0 Å². The van der Waals surface area contributed by atoms with Crippen molar-refractivity contribution in [2.45, 2.75) is 89.4 Å². The van der Waals surface area contributed by atoms with Crippen molar-refractivity contribution in [1.29, 1.82) is 4.35 Å². The quantitative estimate of drug-likeness (QED) is 0.0591. The zero-order chi connectivity index (χ0) is 41.5. The van der Waals surface area contributed by atoms with Crippen LogP contribution >= 0.6 is 45.2 Å². The number of alkyl halides is 22. The van der Waals surface area contributed by atoms with Gasteiger partial charge in [-0.15, -0.1) is 0 Å². The molecule has 51 heavy (non-hydrogen) atoms. The van der Waals surface area contributed by atoms with Gasteiger partial charge in [-0.25, -0.2) is 8.78 Å². The second-order valence-corrected chi connectivity index (χ2v) is 12.2. The molecule has 29 heteroatoms. The Labute approximate surface area is 312 Å². The number of nitrogens with one attached hydrogen (secondary N) is 1. The molecule has 3 atom stereocenters. The number of carbonyl (C=O) groups excluding carboxylic acids is 2. The van der Waals surface area contributed by atoms with Gasteiger partial charge in [0.15, 0.2) is 0 Å². The van der Waals surface area contributed by atoms with Crippen LogP contribution in [0.15, 0.2) is 12.7 Å². The van der Waals surface area contributed by atoms with Crippen LogP contribution in [0.25, 0.3) is 0 Å². The van der Waals surface area contributed by atoms with Crippen molar-refractivity contribution in [3.05, 3.63) is 12.7 Å². The molecular formula is C22H23AlBF20I2NO4. The Kier molecular flexibility index (Phi) is 27.0. The molecule has 1 N–H and O–H groups in total. The molecule has 0 aliphatic carbocycles. The third kappa shape index (κ3) is 22.2. The van der Waals surface area contributed by atoms with Crippen molar-refractivity contribution in [1.82, 2.24) is 0 Å². The molecule has 0 aromatic rings. The summed E-state index contributed by atoms with van der Waals surface area (Å²) in [6.07, 6.45) is -42.3. The predicted molar refractivity (Wildman–Crippen MR) is 155 cm³/mol. The first-order valence-electron chi connectivity index (χ1n) is 12.0. The molecule has 0 fully saturated rings. The third-order valence-electron chi connectivity index (χ3n) is 5.02. The van der Waals surface area contributed by atoms with E-state index < -0.39 is 94.0 Å². The van der Waals surface area contributed by atoms with Crippen molar-refractivity contribution in [3.63, 3.8) is 0 Å². The normalized spacial score (nSPS) is 14.6. The monoisotopic (exact) mass is 1040 g/mol. The summed E-state index contributed by atoms with van der Waals surface area (Å²) in [6.45, 7) is 5.28. The van der Waals surface area contributed by atoms with Crippen molar-refractivity contribution < 1.29 is 107 Å². The first-order chi connectivity index (χ1) is 21.8. The van der Waals surface area contributed by atoms with Gasteiger partial charge in [-0.2, -0.15) is 79.0 Å². The van der Waals surface area contributed by atoms with E-state index in [0.29, 0.717) is 6.61 Å². The Morgan fingerprint density at radius 2 is 0.961 bits per heavy atom. The Bertz CT molecular complexity index is 1010. The molecule has 0 amide bonds. The number of hydrogen-bond donors (Lipinski definition) is 1. The summed E-state index contributed by atoms with van der Waals surface area (Å²) in [5.41, 5.74) is -11.9. The third-order valence-corrected chi connectivity index (χ3v) is 7.03. The second kappa shape index (κ2) is 23.1. The molecule has 0 saturated carbocycles. The molecule has 4 radical (unpaired) electrons. The Morgan fingerprint density at radius 3 is 1.18 bits per heavy atom. The number of hydrogen-bond acceptors (Lipinski definition) is 5. The van der Waals surface area contributed by atoms with Gasteiger partial charge < -0.3 is 9.47 Å². The fourth-order valence-electron chi connectivity index (χ4n) is 2.58. The molecule has 300 valence electrons. The minimum atomic E-state index is -6.56. The predicted octanol–water partition coefficient (Wildman–Crippen LogP) is 9.99. The van der Waals surface area contributed by atoms with Crippen LogP contribution in [0, 0.1) is 10.3 Å². The Morgan fingerprint density at radius 1 is 0.647 bits per heavy atom. The molecule has 0 aliphatic heterocycles. The zero-order valence-electron chi connectivity index (χ0n) is 25.2. The van der Waals surface area contributed by atoms with Crippen LogP contribution in [-0.4, -0.2) is 106 Å². The molecule has 5 nitrogen and oxygen atoms in total. The summed E-state index contributed by atoms with van der Waals surface area (Å²) in [5.74, 6) is -4.39. The van der Waals surface area contributed by atoms with Crippen LogP contribution in [0.3, 0.4) is 0 Å². The molecule has 0 spiro atoms. The van der Waals surface area contributed by atoms with E-state index in [9.17, 15) is 97.4 Å². The number of ether oxygens (including phenoxy) is 2. The van der Waals surface area contributed by atoms with Gasteiger partial charge in [0, 0.05) is 39.0 Å². The van der Waals surface area contributed by atoms with Gasteiger partial charge in [0.1, 0.15) is 17.1 Å². The molecule has 0 rings (SSSR count). The van der Waals surface area contributed by atoms with E-state index in [4.69, 9.17) is 4.35 Å². The van der Waals surface area contributed by atoms with Crippen molar-refractivity contribution in [3.8, 4) is 0 Å². The summed E-state index contributed by atoms with van der Waals surface area (Å²) in [7, 11) is 0. The Hall–Kier alpha value is -0.863. The van der Waals surface area contributed by atoms with Crippen molar-refractivity contribution in [2.75, 3.05) is 13.2 Å². The molecular weight excluding hydrogens is 1010 g/mol. The van der Waals surface area contributed by atoms with Gasteiger partial charge in [0.05, 0.1) is 5.92 Å². The second-order valence-electron chi connectivity index (χ2n) is 8.98. The van der Waals surface area contributed by atoms with Crippen LogP contribution in [-0.2, 0) is 19.1 Å². The van der Waals surface area contributed by atoms with E-state index >= 15 is 0 Å². The molecule has 0 aromatic carbocycles. The maximum absolute atomic E-state index is 13.5. The van der Waals surface area contributed by atoms with Gasteiger partial charge in [0.25, 0.3) is 5.67 Å². The van der Waals surface area contributed by atoms with Gasteiger partial charge >= 0.3 is 75.1 Å². The van der Waals surface area contributed by atoms with Crippen LogP contribution in [0.4, 0.5) is 87.8 Å². The van der Waals surface area contributed by atoms with Gasteiger partial charge in [0.2, 0.25) is 0 Å². The molecule has 3 unspecified atom stereocenters. The summed E-state index contributed by atoms with van der Waals surface area (Å²) < 4.78 is 256. The topological polar surface area (TPSA) is 76.5 Å². The first kappa shape index (κ1) is 59.4. The van der Waals surface area contributed by atoms with E-state index in [1.165, 1.54) is 35.6 Å². The summed E-state index contributed by atoms with van der Waals surface area (Å²) in [6, 6.07) is 0. The first-order valence-corrected chi connectivity index (χ1v) is 15.1. The Balaban J connectivity index is -0.000000227. The van der Waals surface area contributed by atoms with E-state index in [0.717, 1.165) is 6.92 Å². The summed E-state index contributed by atoms with van der Waals surface area (Å²) >= 11 is 3.22. The van der Waals surface area contributed by atoms with Crippen molar-refractivity contribution in [2.24, 2.45) is 5.92 Å². The number of carbonyl (C=O) groups is 2. The fourth-order valence-corrected chi connectivity index (χ4v) is 3.98. The molecule has 0 aromatic heterocycles. The van der Waals surface area contributed by atoms with E-state index in [1.807, 2.05) is 0 Å². The van der Waals surface area contributed by atoms with Crippen molar-refractivity contribution >= 4 is 81.6 Å². The van der Waals surface area contributed by atoms with Gasteiger partial charge in [-0.3, -0.25) is 9.59 Å². The van der Waals surface area contributed by atoms with E-state index in [2.05, 4.69) is 16.1 Å². The molecule has 0 heterocycles. The summed E-state index contributed by atoms with van der Waals surface area (Å²) in [5, 5.41) is 0. The number of rotatable bonds is 10.